The van der Waals surface area contributed by atoms with E-state index in [0.717, 1.165) is 64.2 Å². The second-order valence-corrected chi connectivity index (χ2v) is 18.7. The van der Waals surface area contributed by atoms with Crippen molar-refractivity contribution in [1.82, 2.24) is 5.32 Å². The molecule has 0 saturated heterocycles. The van der Waals surface area contributed by atoms with Gasteiger partial charge in [0.25, 0.3) is 0 Å². The van der Waals surface area contributed by atoms with Gasteiger partial charge in [-0.25, -0.2) is 0 Å². The van der Waals surface area contributed by atoms with Gasteiger partial charge in [0, 0.05) is 6.42 Å². The van der Waals surface area contributed by atoms with Crippen molar-refractivity contribution in [3.05, 3.63) is 72.9 Å². The molecule has 0 aliphatic rings. The van der Waals surface area contributed by atoms with E-state index >= 15 is 0 Å². The van der Waals surface area contributed by atoms with Gasteiger partial charge >= 0.3 is 5.97 Å². The van der Waals surface area contributed by atoms with E-state index in [4.69, 9.17) is 4.74 Å². The predicted octanol–water partition coefficient (Wildman–Crippen LogP) is 17.0. The first-order valence-electron chi connectivity index (χ1n) is 27.7. The van der Waals surface area contributed by atoms with E-state index in [2.05, 4.69) is 50.4 Å². The van der Waals surface area contributed by atoms with Crippen molar-refractivity contribution < 1.29 is 24.5 Å². The topological polar surface area (TPSA) is 95.9 Å². The fourth-order valence-electron chi connectivity index (χ4n) is 8.22. The van der Waals surface area contributed by atoms with Gasteiger partial charge in [-0.2, -0.15) is 0 Å². The third-order valence-electron chi connectivity index (χ3n) is 12.4. The van der Waals surface area contributed by atoms with Crippen LogP contribution in [0.2, 0.25) is 0 Å². The molecule has 0 radical (unpaired) electrons. The molecule has 0 aromatic rings. The van der Waals surface area contributed by atoms with Crippen LogP contribution >= 0.6 is 0 Å². The quantitative estimate of drug-likeness (QED) is 0.0245. The molecular formula is C59H105NO5. The van der Waals surface area contributed by atoms with Crippen LogP contribution in [0.15, 0.2) is 72.9 Å². The minimum atomic E-state index is -0.811. The lowest BCUT2D eigenvalue weighted by atomic mass is 10.0. The van der Waals surface area contributed by atoms with Crippen molar-refractivity contribution >= 4 is 11.9 Å². The number of ether oxygens (including phenoxy) is 1. The third kappa shape index (κ3) is 47.6. The summed E-state index contributed by atoms with van der Waals surface area (Å²) >= 11 is 0. The average molecular weight is 908 g/mol. The second kappa shape index (κ2) is 52.3. The first-order valence-corrected chi connectivity index (χ1v) is 27.7. The summed E-state index contributed by atoms with van der Waals surface area (Å²) in [4.78, 5) is 26.2. The molecule has 6 heteroatoms. The van der Waals surface area contributed by atoms with E-state index in [1.807, 2.05) is 48.6 Å². The van der Waals surface area contributed by atoms with Gasteiger partial charge in [-0.15, -0.1) is 0 Å². The Labute approximate surface area is 402 Å². The molecule has 3 N–H and O–H groups in total. The molecule has 0 aromatic heterocycles. The first-order chi connectivity index (χ1) is 32.0. The Morgan fingerprint density at radius 3 is 1.32 bits per heavy atom. The zero-order valence-corrected chi connectivity index (χ0v) is 42.9. The summed E-state index contributed by atoms with van der Waals surface area (Å²) in [6.45, 7) is 6.33. The number of hydrogen-bond donors (Lipinski definition) is 3. The minimum absolute atomic E-state index is 0.0237. The lowest BCUT2D eigenvalue weighted by Crippen LogP contribution is -2.46. The lowest BCUT2D eigenvalue weighted by molar-refractivity contribution is -0.151. The number of nitrogens with one attached hydrogen (secondary N) is 1. The van der Waals surface area contributed by atoms with Gasteiger partial charge in [-0.05, 0) is 64.2 Å². The average Bonchev–Trinajstić information content (AvgIpc) is 3.30. The molecule has 0 spiro atoms. The van der Waals surface area contributed by atoms with Crippen LogP contribution in [0.1, 0.15) is 265 Å². The van der Waals surface area contributed by atoms with Gasteiger partial charge in [0.1, 0.15) is 6.10 Å². The van der Waals surface area contributed by atoms with Crippen LogP contribution in [-0.4, -0.2) is 46.9 Å². The highest BCUT2D eigenvalue weighted by atomic mass is 16.5. The maximum Gasteiger partial charge on any atom is 0.306 e. The molecule has 1 amide bonds. The van der Waals surface area contributed by atoms with E-state index < -0.39 is 18.2 Å². The standard InChI is InChI=1S/C59H105NO5/c1-4-7-10-13-16-19-22-25-27-28-29-31-34-37-40-43-46-49-52-59(64)65-55(50-47-44-41-38-35-32-24-21-18-15-12-9-6-3)53-58(63)60-56(54-61)57(62)51-48-45-42-39-36-33-30-26-23-20-17-14-11-8-5-2/h9,12,15,18,21,24,29,31-32,35,38,41,55-57,61-62H,4-8,10-11,13-14,16-17,19-20,22-23,25-28,30,33-34,36-37,39-40,42-54H2,1-3H3,(H,60,63)/b12-9+,18-15+,24-21-,31-29+,35-32-,41-38+. The Hall–Kier alpha value is -2.70. The molecule has 65 heavy (non-hydrogen) atoms. The van der Waals surface area contributed by atoms with Crippen molar-refractivity contribution in [3.8, 4) is 0 Å². The van der Waals surface area contributed by atoms with Crippen molar-refractivity contribution in [1.29, 1.82) is 0 Å². The van der Waals surface area contributed by atoms with Gasteiger partial charge < -0.3 is 20.3 Å². The maximum atomic E-state index is 13.2. The zero-order valence-electron chi connectivity index (χ0n) is 42.9. The second-order valence-electron chi connectivity index (χ2n) is 18.7. The van der Waals surface area contributed by atoms with E-state index in [9.17, 15) is 19.8 Å². The molecule has 0 rings (SSSR count). The number of esters is 1. The fraction of sp³-hybridized carbons (Fsp3) is 0.763. The van der Waals surface area contributed by atoms with Gasteiger partial charge in [-0.3, -0.25) is 9.59 Å². The SMILES string of the molecule is CC/C=C/C=C/C=C\C=C/C=C/CCCC(CC(=O)NC(CO)C(O)CCCCCCCCCCCCCCCCC)OC(=O)CCCCCCC/C=C/CCCCCCCCCCC. The van der Waals surface area contributed by atoms with Crippen LogP contribution in [0.3, 0.4) is 0 Å². The van der Waals surface area contributed by atoms with Crippen LogP contribution in [-0.2, 0) is 14.3 Å². The molecule has 0 aromatic carbocycles. The number of aliphatic hydroxyl groups is 2. The lowest BCUT2D eigenvalue weighted by Gasteiger charge is -2.24. The molecule has 0 aliphatic heterocycles. The molecule has 3 unspecified atom stereocenters. The van der Waals surface area contributed by atoms with Crippen LogP contribution < -0.4 is 5.32 Å². The smallest absolute Gasteiger partial charge is 0.306 e. The first kappa shape index (κ1) is 62.3. The van der Waals surface area contributed by atoms with Gasteiger partial charge in [-0.1, -0.05) is 261 Å². The van der Waals surface area contributed by atoms with Crippen molar-refractivity contribution in [3.63, 3.8) is 0 Å². The summed E-state index contributed by atoms with van der Waals surface area (Å²) < 4.78 is 5.91. The van der Waals surface area contributed by atoms with Crippen LogP contribution in [0.25, 0.3) is 0 Å². The van der Waals surface area contributed by atoms with E-state index in [1.54, 1.807) is 0 Å². The van der Waals surface area contributed by atoms with Crippen LogP contribution in [0.4, 0.5) is 0 Å². The highest BCUT2D eigenvalue weighted by Gasteiger charge is 2.24. The number of carbonyl (C=O) groups is 2. The van der Waals surface area contributed by atoms with Gasteiger partial charge in [0.15, 0.2) is 0 Å². The summed E-state index contributed by atoms with van der Waals surface area (Å²) in [5.74, 6) is -0.553. The Morgan fingerprint density at radius 2 is 0.862 bits per heavy atom. The molecule has 0 saturated carbocycles. The number of allylic oxidation sites excluding steroid dienone is 12. The van der Waals surface area contributed by atoms with Crippen LogP contribution in [0.5, 0.6) is 0 Å². The molecule has 0 fully saturated rings. The molecule has 0 heterocycles. The van der Waals surface area contributed by atoms with E-state index in [-0.39, 0.29) is 24.9 Å². The highest BCUT2D eigenvalue weighted by Crippen LogP contribution is 2.17. The molecule has 376 valence electrons. The molecule has 0 aliphatic carbocycles. The number of unbranched alkanes of at least 4 members (excludes halogenated alkanes) is 29. The summed E-state index contributed by atoms with van der Waals surface area (Å²) in [6.07, 6.45) is 66.9. The summed E-state index contributed by atoms with van der Waals surface area (Å²) in [7, 11) is 0. The van der Waals surface area contributed by atoms with Crippen LogP contribution in [0, 0.1) is 0 Å². The summed E-state index contributed by atoms with van der Waals surface area (Å²) in [5, 5.41) is 23.8. The zero-order chi connectivity index (χ0) is 47.4. The summed E-state index contributed by atoms with van der Waals surface area (Å²) in [6, 6.07) is -0.729. The molecular weight excluding hydrogens is 803 g/mol. The van der Waals surface area contributed by atoms with E-state index in [1.165, 1.54) is 154 Å². The summed E-state index contributed by atoms with van der Waals surface area (Å²) in [5.41, 5.74) is 0. The Kier molecular flexibility index (Phi) is 50.1. The van der Waals surface area contributed by atoms with E-state index in [0.29, 0.717) is 19.3 Å². The molecule has 0 bridgehead atoms. The Balaban J connectivity index is 4.61. The Bertz CT molecular complexity index is 1200. The minimum Gasteiger partial charge on any atom is -0.462 e. The van der Waals surface area contributed by atoms with Crippen molar-refractivity contribution in [2.75, 3.05) is 6.61 Å². The molecule has 3 atom stereocenters. The molecule has 6 nitrogen and oxygen atoms in total. The number of carbonyl (C=O) groups excluding carboxylic acids is 2. The number of rotatable bonds is 49. The van der Waals surface area contributed by atoms with Crippen molar-refractivity contribution in [2.45, 2.75) is 283 Å². The van der Waals surface area contributed by atoms with Crippen molar-refractivity contribution in [2.24, 2.45) is 0 Å². The number of hydrogen-bond acceptors (Lipinski definition) is 5. The normalized spacial score (nSPS) is 13.7. The third-order valence-corrected chi connectivity index (χ3v) is 12.4. The van der Waals surface area contributed by atoms with Gasteiger partial charge in [0.2, 0.25) is 5.91 Å². The monoisotopic (exact) mass is 908 g/mol. The fourth-order valence-corrected chi connectivity index (χ4v) is 8.22. The number of aliphatic hydroxyl groups excluding tert-OH is 2. The maximum absolute atomic E-state index is 13.2. The highest BCUT2D eigenvalue weighted by molar-refractivity contribution is 5.77. The predicted molar refractivity (Wildman–Crippen MR) is 282 cm³/mol. The largest absolute Gasteiger partial charge is 0.462 e. The van der Waals surface area contributed by atoms with Gasteiger partial charge in [0.05, 0.1) is 25.2 Å². The number of amides is 1. The Morgan fingerprint density at radius 1 is 0.462 bits per heavy atom.